The van der Waals surface area contributed by atoms with Crippen LogP contribution in [0.2, 0.25) is 0 Å². The quantitative estimate of drug-likeness (QED) is 0.788. The average molecular weight is 218 g/mol. The average Bonchev–Trinajstić information content (AvgIpc) is 2.55. The van der Waals surface area contributed by atoms with Crippen molar-refractivity contribution in [1.29, 1.82) is 0 Å². The van der Waals surface area contributed by atoms with E-state index in [0.29, 0.717) is 18.0 Å². The summed E-state index contributed by atoms with van der Waals surface area (Å²) in [6, 6.07) is 0. The number of hydrogen-bond acceptors (Lipinski definition) is 4. The molecule has 1 unspecified atom stereocenters. The molecule has 0 bridgehead atoms. The van der Waals surface area contributed by atoms with Gasteiger partial charge in [-0.15, -0.1) is 11.3 Å². The maximum absolute atomic E-state index is 11.2. The third-order valence-electron chi connectivity index (χ3n) is 1.34. The molecule has 1 amide bonds. The molecule has 0 aliphatic rings. The topological polar surface area (TPSA) is 59.1 Å². The molecular formula is C7H10N2O2S2. The monoisotopic (exact) mass is 218 g/mol. The van der Waals surface area contributed by atoms with Crippen LogP contribution in [0.25, 0.3) is 0 Å². The predicted octanol–water partition coefficient (Wildman–Crippen LogP) is 0.251. The molecule has 0 aliphatic carbocycles. The maximum Gasteiger partial charge on any atom is 0.270 e. The fourth-order valence-electron chi connectivity index (χ4n) is 0.724. The van der Waals surface area contributed by atoms with Crippen molar-refractivity contribution in [3.8, 4) is 0 Å². The molecule has 6 heteroatoms. The van der Waals surface area contributed by atoms with E-state index in [1.54, 1.807) is 17.1 Å². The molecule has 0 spiro atoms. The van der Waals surface area contributed by atoms with Gasteiger partial charge < -0.3 is 5.32 Å². The van der Waals surface area contributed by atoms with E-state index in [4.69, 9.17) is 0 Å². The summed E-state index contributed by atoms with van der Waals surface area (Å²) in [4.78, 5) is 15.1. The van der Waals surface area contributed by atoms with E-state index < -0.39 is 10.8 Å². The summed E-state index contributed by atoms with van der Waals surface area (Å²) >= 11 is 1.38. The normalized spacial score (nSPS) is 12.4. The van der Waals surface area contributed by atoms with Gasteiger partial charge in [-0.2, -0.15) is 0 Å². The van der Waals surface area contributed by atoms with Gasteiger partial charge in [0.05, 0.1) is 5.51 Å². The Morgan fingerprint density at radius 3 is 3.08 bits per heavy atom. The zero-order chi connectivity index (χ0) is 9.68. The van der Waals surface area contributed by atoms with E-state index in [1.807, 2.05) is 0 Å². The highest BCUT2D eigenvalue weighted by molar-refractivity contribution is 7.84. The Bertz CT molecular complexity index is 297. The molecule has 0 saturated carbocycles. The smallest absolute Gasteiger partial charge is 0.270 e. The molecule has 4 nitrogen and oxygen atoms in total. The summed E-state index contributed by atoms with van der Waals surface area (Å²) in [5.41, 5.74) is 2.03. The van der Waals surface area contributed by atoms with Gasteiger partial charge in [0.2, 0.25) is 0 Å². The molecule has 0 fully saturated rings. The number of thiazole rings is 1. The van der Waals surface area contributed by atoms with Crippen LogP contribution in [0.15, 0.2) is 10.9 Å². The second-order valence-corrected chi connectivity index (χ2v) is 4.68. The van der Waals surface area contributed by atoms with Gasteiger partial charge in [-0.25, -0.2) is 4.98 Å². The van der Waals surface area contributed by atoms with Crippen molar-refractivity contribution < 1.29 is 9.00 Å². The van der Waals surface area contributed by atoms with E-state index in [0.717, 1.165) is 0 Å². The molecule has 1 rings (SSSR count). The first-order chi connectivity index (χ1) is 6.20. The highest BCUT2D eigenvalue weighted by Gasteiger charge is 2.05. The maximum atomic E-state index is 11.2. The first-order valence-corrected chi connectivity index (χ1v) is 6.33. The number of hydrogen-bond donors (Lipinski definition) is 1. The lowest BCUT2D eigenvalue weighted by molar-refractivity contribution is 0.0952. The molecule has 72 valence electrons. The van der Waals surface area contributed by atoms with E-state index in [9.17, 15) is 9.00 Å². The molecule has 1 N–H and O–H groups in total. The van der Waals surface area contributed by atoms with Gasteiger partial charge in [-0.1, -0.05) is 0 Å². The molecule has 1 heterocycles. The second kappa shape index (κ2) is 5.08. The van der Waals surface area contributed by atoms with Gasteiger partial charge in [-0.3, -0.25) is 9.00 Å². The standard InChI is InChI=1S/C7H10N2O2S2/c1-13(11)3-2-8-7(10)6-4-12-5-9-6/h4-5H,2-3H2,1H3,(H,8,10). The SMILES string of the molecule is CS(=O)CCNC(=O)c1cscn1. The van der Waals surface area contributed by atoms with Crippen LogP contribution in [0.1, 0.15) is 10.5 Å². The first-order valence-electron chi connectivity index (χ1n) is 3.66. The van der Waals surface area contributed by atoms with Crippen molar-refractivity contribution in [2.75, 3.05) is 18.6 Å². The van der Waals surface area contributed by atoms with Gasteiger partial charge in [0, 0.05) is 34.7 Å². The number of rotatable bonds is 4. The Morgan fingerprint density at radius 1 is 1.77 bits per heavy atom. The van der Waals surface area contributed by atoms with Gasteiger partial charge in [0.25, 0.3) is 5.91 Å². The van der Waals surface area contributed by atoms with Crippen LogP contribution >= 0.6 is 11.3 Å². The van der Waals surface area contributed by atoms with E-state index in [1.165, 1.54) is 11.3 Å². The van der Waals surface area contributed by atoms with Crippen molar-refractivity contribution in [1.82, 2.24) is 10.3 Å². The van der Waals surface area contributed by atoms with Crippen molar-refractivity contribution >= 4 is 28.0 Å². The van der Waals surface area contributed by atoms with Gasteiger partial charge in [0.15, 0.2) is 0 Å². The second-order valence-electron chi connectivity index (χ2n) is 2.41. The Labute approximate surface area is 82.8 Å². The van der Waals surface area contributed by atoms with Crippen LogP contribution in [0, 0.1) is 0 Å². The first kappa shape index (κ1) is 10.3. The van der Waals surface area contributed by atoms with Crippen LogP contribution in [0.4, 0.5) is 0 Å². The molecule has 0 aromatic carbocycles. The lowest BCUT2D eigenvalue weighted by atomic mass is 10.4. The van der Waals surface area contributed by atoms with Gasteiger partial charge in [-0.05, 0) is 0 Å². The number of nitrogens with one attached hydrogen (secondary N) is 1. The summed E-state index contributed by atoms with van der Waals surface area (Å²) in [6.07, 6.45) is 1.61. The van der Waals surface area contributed by atoms with E-state index in [2.05, 4.69) is 10.3 Å². The third kappa shape index (κ3) is 3.65. The molecule has 1 aromatic rings. The van der Waals surface area contributed by atoms with Crippen molar-refractivity contribution in [2.24, 2.45) is 0 Å². The Kier molecular flexibility index (Phi) is 4.04. The fourth-order valence-corrected chi connectivity index (χ4v) is 1.65. The summed E-state index contributed by atoms with van der Waals surface area (Å²) < 4.78 is 10.7. The third-order valence-corrected chi connectivity index (χ3v) is 2.71. The van der Waals surface area contributed by atoms with E-state index in [-0.39, 0.29) is 5.91 Å². The Balaban J connectivity index is 2.31. The van der Waals surface area contributed by atoms with Crippen LogP contribution in [-0.4, -0.2) is 33.7 Å². The number of nitrogens with zero attached hydrogens (tertiary/aromatic N) is 1. The number of carbonyl (C=O) groups excluding carboxylic acids is 1. The van der Waals surface area contributed by atoms with Gasteiger partial charge in [0.1, 0.15) is 5.69 Å². The highest BCUT2D eigenvalue weighted by atomic mass is 32.2. The number of aromatic nitrogens is 1. The highest BCUT2D eigenvalue weighted by Crippen LogP contribution is 1.99. The minimum absolute atomic E-state index is 0.202. The summed E-state index contributed by atoms with van der Waals surface area (Å²) in [5.74, 6) is 0.280. The molecule has 1 atom stereocenters. The molecule has 0 radical (unpaired) electrons. The predicted molar refractivity (Wildman–Crippen MR) is 53.4 cm³/mol. The van der Waals surface area contributed by atoms with Crippen molar-refractivity contribution in [2.45, 2.75) is 0 Å². The van der Waals surface area contributed by atoms with Gasteiger partial charge >= 0.3 is 0 Å². The Morgan fingerprint density at radius 2 is 2.54 bits per heavy atom. The van der Waals surface area contributed by atoms with Crippen LogP contribution < -0.4 is 5.32 Å². The molecule has 1 aromatic heterocycles. The van der Waals surface area contributed by atoms with E-state index >= 15 is 0 Å². The fraction of sp³-hybridized carbons (Fsp3) is 0.429. The lowest BCUT2D eigenvalue weighted by Gasteiger charge is -2.00. The summed E-state index contributed by atoms with van der Waals surface area (Å²) in [5, 5.41) is 4.31. The van der Waals surface area contributed by atoms with Crippen LogP contribution in [-0.2, 0) is 10.8 Å². The number of amides is 1. The lowest BCUT2D eigenvalue weighted by Crippen LogP contribution is -2.27. The minimum atomic E-state index is -0.861. The van der Waals surface area contributed by atoms with Crippen molar-refractivity contribution in [3.05, 3.63) is 16.6 Å². The zero-order valence-electron chi connectivity index (χ0n) is 7.15. The summed E-state index contributed by atoms with van der Waals surface area (Å²) in [7, 11) is -0.861. The molecule has 0 aliphatic heterocycles. The zero-order valence-corrected chi connectivity index (χ0v) is 8.78. The number of carbonyl (C=O) groups is 1. The molecule has 13 heavy (non-hydrogen) atoms. The van der Waals surface area contributed by atoms with Crippen molar-refractivity contribution in [3.63, 3.8) is 0 Å². The largest absolute Gasteiger partial charge is 0.350 e. The minimum Gasteiger partial charge on any atom is -0.350 e. The van der Waals surface area contributed by atoms with Crippen LogP contribution in [0.3, 0.4) is 0 Å². The summed E-state index contributed by atoms with van der Waals surface area (Å²) in [6.45, 7) is 0.430. The molecular weight excluding hydrogens is 208 g/mol. The molecule has 0 saturated heterocycles. The Hall–Kier alpha value is -0.750. The van der Waals surface area contributed by atoms with Crippen LogP contribution in [0.5, 0.6) is 0 Å².